The molecule has 0 unspecified atom stereocenters. The van der Waals surface area contributed by atoms with Crippen LogP contribution < -0.4 is 5.32 Å². The van der Waals surface area contributed by atoms with Gasteiger partial charge in [-0.1, -0.05) is 42.5 Å². The average Bonchev–Trinajstić information content (AvgIpc) is 2.81. The van der Waals surface area contributed by atoms with E-state index < -0.39 is 15.8 Å². The number of sulfonamides is 1. The van der Waals surface area contributed by atoms with E-state index in [1.54, 1.807) is 12.1 Å². The molecular weight excluding hydrogens is 429 g/mol. The predicted octanol–water partition coefficient (Wildman–Crippen LogP) is 3.58. The summed E-state index contributed by atoms with van der Waals surface area (Å²) in [6.07, 6.45) is 0. The number of nitrogens with zero attached hydrogens (tertiary/aromatic N) is 2. The first-order chi connectivity index (χ1) is 15.4. The van der Waals surface area contributed by atoms with Crippen molar-refractivity contribution in [3.63, 3.8) is 0 Å². The third kappa shape index (κ3) is 5.04. The van der Waals surface area contributed by atoms with Gasteiger partial charge in [-0.3, -0.25) is 9.69 Å². The smallest absolute Gasteiger partial charge is 0.255 e. The minimum Gasteiger partial charge on any atom is -0.322 e. The number of halogens is 1. The molecule has 3 aromatic rings. The summed E-state index contributed by atoms with van der Waals surface area (Å²) < 4.78 is 40.8. The molecule has 4 rings (SSSR count). The average molecular weight is 454 g/mol. The number of amides is 1. The van der Waals surface area contributed by atoms with Crippen molar-refractivity contribution < 1.29 is 17.6 Å². The second-order valence-electron chi connectivity index (χ2n) is 7.63. The Kier molecular flexibility index (Phi) is 6.64. The summed E-state index contributed by atoms with van der Waals surface area (Å²) in [7, 11) is -3.84. The van der Waals surface area contributed by atoms with Crippen molar-refractivity contribution in [3.8, 4) is 0 Å². The number of hydrogen-bond acceptors (Lipinski definition) is 4. The summed E-state index contributed by atoms with van der Waals surface area (Å²) >= 11 is 0. The van der Waals surface area contributed by atoms with Crippen molar-refractivity contribution in [2.45, 2.75) is 11.4 Å². The predicted molar refractivity (Wildman–Crippen MR) is 121 cm³/mol. The Morgan fingerprint density at radius 3 is 2.12 bits per heavy atom. The first-order valence-corrected chi connectivity index (χ1v) is 11.8. The van der Waals surface area contributed by atoms with Crippen molar-refractivity contribution in [3.05, 3.63) is 95.8 Å². The molecule has 0 radical (unpaired) electrons. The lowest BCUT2D eigenvalue weighted by Gasteiger charge is -2.34. The highest BCUT2D eigenvalue weighted by Crippen LogP contribution is 2.21. The van der Waals surface area contributed by atoms with Crippen LogP contribution in [0.25, 0.3) is 0 Å². The van der Waals surface area contributed by atoms with Crippen LogP contribution in [0.3, 0.4) is 0 Å². The zero-order valence-electron chi connectivity index (χ0n) is 17.4. The van der Waals surface area contributed by atoms with Crippen molar-refractivity contribution in [1.82, 2.24) is 9.21 Å². The fraction of sp³-hybridized carbons (Fsp3) is 0.208. The monoisotopic (exact) mass is 453 g/mol. The first-order valence-electron chi connectivity index (χ1n) is 10.4. The molecule has 1 aliphatic rings. The highest BCUT2D eigenvalue weighted by molar-refractivity contribution is 7.89. The van der Waals surface area contributed by atoms with Gasteiger partial charge in [-0.25, -0.2) is 12.8 Å². The molecule has 6 nitrogen and oxygen atoms in total. The van der Waals surface area contributed by atoms with Crippen LogP contribution in [0, 0.1) is 5.82 Å². The lowest BCUT2D eigenvalue weighted by atomic mass is 10.1. The third-order valence-corrected chi connectivity index (χ3v) is 7.37. The molecule has 0 saturated carbocycles. The summed E-state index contributed by atoms with van der Waals surface area (Å²) in [5.74, 6) is -0.902. The standard InChI is InChI=1S/C24H24FN3O3S/c25-22-8-4-5-9-23(22)32(30,31)28-16-14-27(15-17-28)18-19-10-12-20(13-11-19)24(29)26-21-6-2-1-3-7-21/h1-13H,14-18H2,(H,26,29). The molecule has 32 heavy (non-hydrogen) atoms. The summed E-state index contributed by atoms with van der Waals surface area (Å²) in [5, 5.41) is 2.86. The minimum absolute atomic E-state index is 0.172. The molecular formula is C24H24FN3O3S. The highest BCUT2D eigenvalue weighted by atomic mass is 32.2. The quantitative estimate of drug-likeness (QED) is 0.619. The number of para-hydroxylation sites is 1. The van der Waals surface area contributed by atoms with Crippen LogP contribution in [0.4, 0.5) is 10.1 Å². The van der Waals surface area contributed by atoms with Crippen molar-refractivity contribution >= 4 is 21.6 Å². The molecule has 0 spiro atoms. The van der Waals surface area contributed by atoms with E-state index in [9.17, 15) is 17.6 Å². The number of benzene rings is 3. The molecule has 0 aromatic heterocycles. The molecule has 1 amide bonds. The van der Waals surface area contributed by atoms with E-state index in [0.717, 1.165) is 17.3 Å². The third-order valence-electron chi connectivity index (χ3n) is 5.44. The topological polar surface area (TPSA) is 69.7 Å². The molecule has 1 N–H and O–H groups in total. The van der Waals surface area contributed by atoms with Crippen LogP contribution in [0.15, 0.2) is 83.8 Å². The van der Waals surface area contributed by atoms with E-state index in [1.165, 1.54) is 22.5 Å². The second-order valence-corrected chi connectivity index (χ2v) is 9.53. The van der Waals surface area contributed by atoms with Crippen LogP contribution >= 0.6 is 0 Å². The molecule has 0 bridgehead atoms. The molecule has 3 aromatic carbocycles. The van der Waals surface area contributed by atoms with Gasteiger partial charge in [0.25, 0.3) is 5.91 Å². The van der Waals surface area contributed by atoms with Gasteiger partial charge in [0.2, 0.25) is 10.0 Å². The van der Waals surface area contributed by atoms with Gasteiger partial charge in [0.15, 0.2) is 0 Å². The van der Waals surface area contributed by atoms with Crippen molar-refractivity contribution in [1.29, 1.82) is 0 Å². The molecule has 8 heteroatoms. The van der Waals surface area contributed by atoms with E-state index >= 15 is 0 Å². The molecule has 0 aliphatic carbocycles. The highest BCUT2D eigenvalue weighted by Gasteiger charge is 2.30. The number of nitrogens with one attached hydrogen (secondary N) is 1. The van der Waals surface area contributed by atoms with Crippen LogP contribution in [-0.4, -0.2) is 49.7 Å². The van der Waals surface area contributed by atoms with Crippen LogP contribution in [0.1, 0.15) is 15.9 Å². The Hall–Kier alpha value is -3.07. The minimum atomic E-state index is -3.84. The largest absolute Gasteiger partial charge is 0.322 e. The second kappa shape index (κ2) is 9.60. The van der Waals surface area contributed by atoms with Gasteiger partial charge in [-0.05, 0) is 42.0 Å². The Morgan fingerprint density at radius 2 is 1.47 bits per heavy atom. The number of anilines is 1. The Balaban J connectivity index is 1.32. The number of piperazine rings is 1. The number of rotatable bonds is 6. The molecule has 1 heterocycles. The molecule has 1 saturated heterocycles. The Morgan fingerprint density at radius 1 is 0.844 bits per heavy atom. The molecule has 1 fully saturated rings. The first kappa shape index (κ1) is 22.1. The molecule has 166 valence electrons. The Labute approximate surface area is 187 Å². The zero-order valence-corrected chi connectivity index (χ0v) is 18.3. The summed E-state index contributed by atoms with van der Waals surface area (Å²) in [6.45, 7) is 2.34. The number of carbonyl (C=O) groups is 1. The zero-order chi connectivity index (χ0) is 22.6. The van der Waals surface area contributed by atoms with Gasteiger partial charge in [-0.15, -0.1) is 0 Å². The van der Waals surface area contributed by atoms with E-state index in [-0.39, 0.29) is 10.8 Å². The molecule has 0 atom stereocenters. The maximum Gasteiger partial charge on any atom is 0.255 e. The van der Waals surface area contributed by atoms with Gasteiger partial charge >= 0.3 is 0 Å². The maximum atomic E-state index is 14.0. The van der Waals surface area contributed by atoms with Crippen LogP contribution in [-0.2, 0) is 16.6 Å². The van der Waals surface area contributed by atoms with E-state index in [2.05, 4.69) is 10.2 Å². The van der Waals surface area contributed by atoms with Crippen LogP contribution in [0.5, 0.6) is 0 Å². The molecule has 1 aliphatic heterocycles. The van der Waals surface area contributed by atoms with Gasteiger partial charge in [0.05, 0.1) is 0 Å². The normalized spacial score (nSPS) is 15.4. The lowest BCUT2D eigenvalue weighted by molar-refractivity contribution is 0.102. The fourth-order valence-electron chi connectivity index (χ4n) is 3.67. The summed E-state index contributed by atoms with van der Waals surface area (Å²) in [4.78, 5) is 14.2. The fourth-order valence-corrected chi connectivity index (χ4v) is 5.15. The van der Waals surface area contributed by atoms with Crippen molar-refractivity contribution in [2.24, 2.45) is 0 Å². The summed E-state index contributed by atoms with van der Waals surface area (Å²) in [5.41, 5.74) is 2.34. The van der Waals surface area contributed by atoms with Gasteiger partial charge in [0.1, 0.15) is 10.7 Å². The van der Waals surface area contributed by atoms with E-state index in [1.807, 2.05) is 42.5 Å². The Bertz CT molecular complexity index is 1180. The maximum absolute atomic E-state index is 14.0. The van der Waals surface area contributed by atoms with Gasteiger partial charge in [0, 0.05) is 44.0 Å². The summed E-state index contributed by atoms with van der Waals surface area (Å²) in [6, 6.07) is 22.1. The van der Waals surface area contributed by atoms with Gasteiger partial charge < -0.3 is 5.32 Å². The SMILES string of the molecule is O=C(Nc1ccccc1)c1ccc(CN2CCN(S(=O)(=O)c3ccccc3F)CC2)cc1. The van der Waals surface area contributed by atoms with Crippen molar-refractivity contribution in [2.75, 3.05) is 31.5 Å². The number of hydrogen-bond donors (Lipinski definition) is 1. The van der Waals surface area contributed by atoms with E-state index in [4.69, 9.17) is 0 Å². The lowest BCUT2D eigenvalue weighted by Crippen LogP contribution is -2.48. The van der Waals surface area contributed by atoms with Crippen LogP contribution in [0.2, 0.25) is 0 Å². The van der Waals surface area contributed by atoms with Gasteiger partial charge in [-0.2, -0.15) is 4.31 Å². The van der Waals surface area contributed by atoms with E-state index in [0.29, 0.717) is 38.3 Å². The number of carbonyl (C=O) groups excluding carboxylic acids is 1.